The van der Waals surface area contributed by atoms with Crippen molar-refractivity contribution in [1.29, 1.82) is 0 Å². The number of nitrogens with zero attached hydrogens (tertiary/aromatic N) is 2. The first-order chi connectivity index (χ1) is 17.8. The van der Waals surface area contributed by atoms with Crippen molar-refractivity contribution in [2.45, 2.75) is 13.3 Å². The molecule has 0 aliphatic rings. The van der Waals surface area contributed by atoms with Crippen molar-refractivity contribution in [3.8, 4) is 28.2 Å². The van der Waals surface area contributed by atoms with E-state index < -0.39 is 0 Å². The molecule has 0 aliphatic carbocycles. The van der Waals surface area contributed by atoms with Crippen LogP contribution in [0.15, 0.2) is 120 Å². The highest BCUT2D eigenvalue weighted by atomic mass is 16.3. The van der Waals surface area contributed by atoms with E-state index in [1.165, 1.54) is 5.56 Å². The summed E-state index contributed by atoms with van der Waals surface area (Å²) in [5.74, 6) is 0.966. The van der Waals surface area contributed by atoms with Crippen LogP contribution in [0.4, 0.5) is 0 Å². The molecule has 3 nitrogen and oxygen atoms in total. The smallest absolute Gasteiger partial charge is 0.146 e. The summed E-state index contributed by atoms with van der Waals surface area (Å²) in [6.45, 7) is 2.21. The third-order valence-corrected chi connectivity index (χ3v) is 7.02. The van der Waals surface area contributed by atoms with Crippen molar-refractivity contribution in [1.82, 2.24) is 9.55 Å². The van der Waals surface area contributed by atoms with Crippen LogP contribution in [0.25, 0.3) is 61.2 Å². The Kier molecular flexibility index (Phi) is 4.74. The van der Waals surface area contributed by atoms with Crippen molar-refractivity contribution >= 4 is 33.0 Å². The van der Waals surface area contributed by atoms with Crippen LogP contribution in [-0.4, -0.2) is 9.55 Å². The second-order valence-electron chi connectivity index (χ2n) is 9.10. The van der Waals surface area contributed by atoms with E-state index in [4.69, 9.17) is 9.40 Å². The summed E-state index contributed by atoms with van der Waals surface area (Å²) in [6, 6.07) is 40.2. The Morgan fingerprint density at radius 3 is 2.36 bits per heavy atom. The van der Waals surface area contributed by atoms with E-state index in [2.05, 4.69) is 102 Å². The topological polar surface area (TPSA) is 31.0 Å². The fourth-order valence-electron chi connectivity index (χ4n) is 5.29. The maximum absolute atomic E-state index is 6.33. The van der Waals surface area contributed by atoms with Gasteiger partial charge in [0.05, 0.1) is 11.0 Å². The fourth-order valence-corrected chi connectivity index (χ4v) is 5.29. The third-order valence-electron chi connectivity index (χ3n) is 7.02. The van der Waals surface area contributed by atoms with Crippen LogP contribution in [0.1, 0.15) is 12.5 Å². The first-order valence-corrected chi connectivity index (χ1v) is 12.4. The van der Waals surface area contributed by atoms with Gasteiger partial charge in [-0.25, -0.2) is 4.98 Å². The zero-order valence-corrected chi connectivity index (χ0v) is 20.0. The van der Waals surface area contributed by atoms with E-state index in [0.717, 1.165) is 67.6 Å². The number of aryl methyl sites for hydroxylation is 1. The summed E-state index contributed by atoms with van der Waals surface area (Å²) in [5, 5.41) is 2.30. The second-order valence-corrected chi connectivity index (χ2v) is 9.10. The predicted molar refractivity (Wildman–Crippen MR) is 149 cm³/mol. The molecule has 0 aliphatic heterocycles. The number of furan rings is 1. The van der Waals surface area contributed by atoms with Gasteiger partial charge < -0.3 is 4.42 Å². The van der Waals surface area contributed by atoms with Crippen LogP contribution in [0.3, 0.4) is 0 Å². The molecule has 0 spiro atoms. The number of fused-ring (bicyclic) bond motifs is 4. The lowest BCUT2D eigenvalue weighted by molar-refractivity contribution is 0.670. The molecule has 7 rings (SSSR count). The molecule has 0 fully saturated rings. The highest BCUT2D eigenvalue weighted by Gasteiger charge is 2.18. The highest BCUT2D eigenvalue weighted by molar-refractivity contribution is 6.09. The van der Waals surface area contributed by atoms with E-state index in [-0.39, 0.29) is 0 Å². The molecule has 0 saturated carbocycles. The minimum atomic E-state index is 0.900. The van der Waals surface area contributed by atoms with Crippen LogP contribution in [-0.2, 0) is 6.42 Å². The van der Waals surface area contributed by atoms with Gasteiger partial charge in [0.25, 0.3) is 0 Å². The third kappa shape index (κ3) is 3.17. The van der Waals surface area contributed by atoms with Gasteiger partial charge in [0.2, 0.25) is 0 Å². The summed E-state index contributed by atoms with van der Waals surface area (Å²) < 4.78 is 8.59. The Morgan fingerprint density at radius 2 is 1.47 bits per heavy atom. The van der Waals surface area contributed by atoms with Crippen LogP contribution in [0, 0.1) is 0 Å². The average molecular weight is 465 g/mol. The van der Waals surface area contributed by atoms with E-state index >= 15 is 0 Å². The minimum Gasteiger partial charge on any atom is -0.455 e. The van der Waals surface area contributed by atoms with Gasteiger partial charge in [-0.3, -0.25) is 4.57 Å². The average Bonchev–Trinajstić information content (AvgIpc) is 3.52. The summed E-state index contributed by atoms with van der Waals surface area (Å²) in [6.07, 6.45) is 0.900. The molecular weight excluding hydrogens is 440 g/mol. The van der Waals surface area contributed by atoms with Gasteiger partial charge in [0, 0.05) is 27.6 Å². The summed E-state index contributed by atoms with van der Waals surface area (Å²) >= 11 is 0. The molecule has 7 aromatic rings. The summed E-state index contributed by atoms with van der Waals surface area (Å²) in [7, 11) is 0. The van der Waals surface area contributed by atoms with Crippen LogP contribution >= 0.6 is 0 Å². The van der Waals surface area contributed by atoms with Crippen molar-refractivity contribution in [3.63, 3.8) is 0 Å². The SMILES string of the molecule is CCc1cc(-c2cccc3c2oc2ccccc23)ccc1-c1nc2ccccc2n1-c1ccccc1. The maximum Gasteiger partial charge on any atom is 0.146 e. The zero-order valence-electron chi connectivity index (χ0n) is 20.0. The van der Waals surface area contributed by atoms with Crippen LogP contribution < -0.4 is 0 Å². The lowest BCUT2D eigenvalue weighted by Gasteiger charge is -2.14. The predicted octanol–water partition coefficient (Wildman–Crippen LogP) is 8.82. The molecule has 3 heteroatoms. The number of aromatic nitrogens is 2. The molecule has 0 amide bonds. The number of para-hydroxylation sites is 5. The van der Waals surface area contributed by atoms with Crippen molar-refractivity contribution in [2.24, 2.45) is 0 Å². The Hall–Kier alpha value is -4.63. The molecule has 0 bridgehead atoms. The molecule has 5 aromatic carbocycles. The first-order valence-electron chi connectivity index (χ1n) is 12.4. The minimum absolute atomic E-state index is 0.900. The highest BCUT2D eigenvalue weighted by Crippen LogP contribution is 2.38. The Balaban J connectivity index is 1.44. The summed E-state index contributed by atoms with van der Waals surface area (Å²) in [4.78, 5) is 5.09. The number of hydrogen-bond donors (Lipinski definition) is 0. The van der Waals surface area contributed by atoms with Gasteiger partial charge >= 0.3 is 0 Å². The molecule has 0 radical (unpaired) electrons. The monoisotopic (exact) mass is 464 g/mol. The van der Waals surface area contributed by atoms with Gasteiger partial charge in [-0.1, -0.05) is 91.9 Å². The number of benzene rings is 5. The standard InChI is InChI=1S/C33H24N2O/c1-2-22-21-23(25-14-10-15-28-27-13-6-9-18-31(27)36-32(25)28)19-20-26(22)33-34-29-16-7-8-17-30(29)35(33)24-11-4-3-5-12-24/h3-21H,2H2,1H3. The van der Waals surface area contributed by atoms with E-state index in [1.54, 1.807) is 0 Å². The number of hydrogen-bond acceptors (Lipinski definition) is 2. The molecule has 172 valence electrons. The quantitative estimate of drug-likeness (QED) is 0.260. The molecule has 2 aromatic heterocycles. The van der Waals surface area contributed by atoms with Crippen molar-refractivity contribution in [2.75, 3.05) is 0 Å². The van der Waals surface area contributed by atoms with Gasteiger partial charge in [0.1, 0.15) is 17.0 Å². The molecule has 36 heavy (non-hydrogen) atoms. The molecule has 0 N–H and O–H groups in total. The van der Waals surface area contributed by atoms with Gasteiger partial charge in [-0.15, -0.1) is 0 Å². The second kappa shape index (κ2) is 8.24. The number of imidazole rings is 1. The number of rotatable bonds is 4. The maximum atomic E-state index is 6.33. The normalized spacial score (nSPS) is 11.6. The van der Waals surface area contributed by atoms with Crippen LogP contribution in [0.5, 0.6) is 0 Å². The van der Waals surface area contributed by atoms with E-state index in [1.807, 2.05) is 24.3 Å². The van der Waals surface area contributed by atoms with Crippen molar-refractivity contribution in [3.05, 3.63) is 121 Å². The first kappa shape index (κ1) is 20.7. The molecule has 0 saturated heterocycles. The Morgan fingerprint density at radius 1 is 0.694 bits per heavy atom. The van der Waals surface area contributed by atoms with Crippen LogP contribution in [0.2, 0.25) is 0 Å². The molecule has 0 unspecified atom stereocenters. The van der Waals surface area contributed by atoms with Gasteiger partial charge in [0.15, 0.2) is 0 Å². The van der Waals surface area contributed by atoms with Crippen molar-refractivity contribution < 1.29 is 4.42 Å². The molecule has 0 atom stereocenters. The van der Waals surface area contributed by atoms with Gasteiger partial charge in [-0.2, -0.15) is 0 Å². The Labute approximate surface area is 209 Å². The zero-order chi connectivity index (χ0) is 24.1. The molecule has 2 heterocycles. The molecular formula is C33H24N2O. The van der Waals surface area contributed by atoms with E-state index in [9.17, 15) is 0 Å². The van der Waals surface area contributed by atoms with Gasteiger partial charge in [-0.05, 0) is 47.9 Å². The largest absolute Gasteiger partial charge is 0.455 e. The summed E-state index contributed by atoms with van der Waals surface area (Å²) in [5.41, 5.74) is 9.75. The lowest BCUT2D eigenvalue weighted by atomic mass is 9.96. The fraction of sp³-hybridized carbons (Fsp3) is 0.0606. The lowest BCUT2D eigenvalue weighted by Crippen LogP contribution is -2.00. The van der Waals surface area contributed by atoms with E-state index in [0.29, 0.717) is 0 Å². The Bertz CT molecular complexity index is 1880.